The average molecular weight is 249 g/mol. The van der Waals surface area contributed by atoms with Crippen LogP contribution in [0.1, 0.15) is 0 Å². The van der Waals surface area contributed by atoms with Crippen LogP contribution in [-0.4, -0.2) is 27.1 Å². The fourth-order valence-electron chi connectivity index (χ4n) is 1.21. The van der Waals surface area contributed by atoms with Crippen LogP contribution in [0.5, 0.6) is 5.75 Å². The van der Waals surface area contributed by atoms with Gasteiger partial charge >= 0.3 is 0 Å². The Balaban J connectivity index is 1.93. The van der Waals surface area contributed by atoms with E-state index >= 15 is 0 Å². The molecule has 88 valence electrons. The molecule has 7 heteroatoms. The van der Waals surface area contributed by atoms with Crippen molar-refractivity contribution in [3.8, 4) is 5.75 Å². The number of hydrogen-bond acceptors (Lipinski definition) is 4. The number of hydrogen-bond donors (Lipinski definition) is 2. The molecule has 0 aliphatic heterocycles. The number of ether oxygens (including phenoxy) is 1. The minimum atomic E-state index is 0.454. The smallest absolute Gasteiger partial charge is 0.190 e. The molecule has 0 unspecified atom stereocenters. The third kappa shape index (κ3) is 3.15. The number of nitrogens with one attached hydrogen (secondary N) is 2. The van der Waals surface area contributed by atoms with E-state index in [2.05, 4.69) is 20.9 Å². The molecule has 0 radical (unpaired) electrons. The summed E-state index contributed by atoms with van der Waals surface area (Å²) in [5.74, 6) is 0.799. The first kappa shape index (κ1) is 11.3. The first-order chi connectivity index (χ1) is 8.28. The van der Waals surface area contributed by atoms with E-state index in [4.69, 9.17) is 17.0 Å². The number of methoxy groups -OCH3 is 1. The lowest BCUT2D eigenvalue weighted by Gasteiger charge is -2.10. The van der Waals surface area contributed by atoms with E-state index in [0.29, 0.717) is 5.11 Å². The molecule has 0 fully saturated rings. The molecule has 2 aromatic rings. The highest BCUT2D eigenvalue weighted by atomic mass is 32.1. The summed E-state index contributed by atoms with van der Waals surface area (Å²) in [5.41, 5.74) is 3.75. The van der Waals surface area contributed by atoms with Crippen molar-refractivity contribution >= 4 is 23.0 Å². The van der Waals surface area contributed by atoms with Crippen LogP contribution in [0.25, 0.3) is 0 Å². The minimum Gasteiger partial charge on any atom is -0.497 e. The maximum atomic E-state index is 5.12. The highest BCUT2D eigenvalue weighted by molar-refractivity contribution is 7.80. The Kier molecular flexibility index (Phi) is 3.51. The molecule has 0 atom stereocenters. The molecular formula is C10H11N5OS. The molecule has 0 aliphatic carbocycles. The van der Waals surface area contributed by atoms with Gasteiger partial charge in [-0.05, 0) is 36.5 Å². The Bertz CT molecular complexity index is 482. The second-order valence-corrected chi connectivity index (χ2v) is 3.57. The SMILES string of the molecule is COc1ccc(NC(=S)Nn2cnnc2)cc1. The molecule has 0 saturated carbocycles. The molecule has 1 aromatic carbocycles. The van der Waals surface area contributed by atoms with E-state index in [-0.39, 0.29) is 0 Å². The van der Waals surface area contributed by atoms with Gasteiger partial charge in [0.15, 0.2) is 5.11 Å². The largest absolute Gasteiger partial charge is 0.497 e. The minimum absolute atomic E-state index is 0.454. The molecule has 0 spiro atoms. The Hall–Kier alpha value is -2.15. The van der Waals surface area contributed by atoms with Crippen LogP contribution in [0, 0.1) is 0 Å². The van der Waals surface area contributed by atoms with E-state index in [1.807, 2.05) is 24.3 Å². The van der Waals surface area contributed by atoms with Crippen molar-refractivity contribution in [3.63, 3.8) is 0 Å². The van der Waals surface area contributed by atoms with Gasteiger partial charge in [-0.15, -0.1) is 10.2 Å². The van der Waals surface area contributed by atoms with Gasteiger partial charge in [-0.25, -0.2) is 4.68 Å². The van der Waals surface area contributed by atoms with Crippen LogP contribution in [0.2, 0.25) is 0 Å². The van der Waals surface area contributed by atoms with E-state index < -0.39 is 0 Å². The van der Waals surface area contributed by atoms with Crippen molar-refractivity contribution in [1.82, 2.24) is 14.9 Å². The summed E-state index contributed by atoms with van der Waals surface area (Å²) in [6.45, 7) is 0. The van der Waals surface area contributed by atoms with E-state index in [1.165, 1.54) is 12.7 Å². The summed E-state index contributed by atoms with van der Waals surface area (Å²) in [6.07, 6.45) is 3.03. The monoisotopic (exact) mass is 249 g/mol. The molecule has 2 rings (SSSR count). The molecule has 17 heavy (non-hydrogen) atoms. The zero-order valence-electron chi connectivity index (χ0n) is 9.12. The van der Waals surface area contributed by atoms with Crippen LogP contribution in [-0.2, 0) is 0 Å². The van der Waals surface area contributed by atoms with Gasteiger partial charge in [-0.2, -0.15) is 0 Å². The molecule has 0 aliphatic rings. The molecule has 0 bridgehead atoms. The van der Waals surface area contributed by atoms with Crippen molar-refractivity contribution in [2.24, 2.45) is 0 Å². The Labute approximate surface area is 104 Å². The number of benzene rings is 1. The molecule has 6 nitrogen and oxygen atoms in total. The van der Waals surface area contributed by atoms with Gasteiger partial charge in [0.05, 0.1) is 7.11 Å². The van der Waals surface area contributed by atoms with E-state index in [0.717, 1.165) is 11.4 Å². The summed E-state index contributed by atoms with van der Waals surface area (Å²) in [6, 6.07) is 7.45. The first-order valence-corrected chi connectivity index (χ1v) is 5.25. The number of rotatable bonds is 3. The summed E-state index contributed by atoms with van der Waals surface area (Å²) >= 11 is 5.12. The van der Waals surface area contributed by atoms with Crippen LogP contribution >= 0.6 is 12.2 Å². The van der Waals surface area contributed by atoms with E-state index in [1.54, 1.807) is 11.8 Å². The van der Waals surface area contributed by atoms with Crippen molar-refractivity contribution in [2.75, 3.05) is 17.9 Å². The zero-order chi connectivity index (χ0) is 12.1. The van der Waals surface area contributed by atoms with Crippen LogP contribution in [0.4, 0.5) is 5.69 Å². The summed E-state index contributed by atoms with van der Waals surface area (Å²) in [7, 11) is 1.63. The predicted octanol–water partition coefficient (Wildman–Crippen LogP) is 1.23. The molecule has 1 aromatic heterocycles. The maximum absolute atomic E-state index is 5.12. The Morgan fingerprint density at radius 3 is 2.47 bits per heavy atom. The zero-order valence-corrected chi connectivity index (χ0v) is 9.94. The first-order valence-electron chi connectivity index (χ1n) is 4.84. The van der Waals surface area contributed by atoms with Crippen molar-refractivity contribution in [3.05, 3.63) is 36.9 Å². The Morgan fingerprint density at radius 2 is 1.88 bits per heavy atom. The van der Waals surface area contributed by atoms with Crippen molar-refractivity contribution in [1.29, 1.82) is 0 Å². The number of nitrogens with zero attached hydrogens (tertiary/aromatic N) is 3. The highest BCUT2D eigenvalue weighted by Gasteiger charge is 1.98. The van der Waals surface area contributed by atoms with Crippen LogP contribution in [0.15, 0.2) is 36.9 Å². The predicted molar refractivity (Wildman–Crippen MR) is 68.6 cm³/mol. The second kappa shape index (κ2) is 5.26. The van der Waals surface area contributed by atoms with Crippen molar-refractivity contribution < 1.29 is 4.74 Å². The molecule has 0 saturated heterocycles. The molecule has 1 heterocycles. The number of aromatic nitrogens is 3. The third-order valence-corrected chi connectivity index (χ3v) is 2.19. The molecule has 0 amide bonds. The van der Waals surface area contributed by atoms with Crippen LogP contribution in [0.3, 0.4) is 0 Å². The number of thiocarbonyl (C=S) groups is 1. The van der Waals surface area contributed by atoms with Gasteiger partial charge < -0.3 is 10.1 Å². The fraction of sp³-hybridized carbons (Fsp3) is 0.100. The molecular weight excluding hydrogens is 238 g/mol. The topological polar surface area (TPSA) is 64.0 Å². The lowest BCUT2D eigenvalue weighted by molar-refractivity contribution is 0.415. The second-order valence-electron chi connectivity index (χ2n) is 3.16. The van der Waals surface area contributed by atoms with Gasteiger partial charge in [-0.1, -0.05) is 0 Å². The Morgan fingerprint density at radius 1 is 1.24 bits per heavy atom. The van der Waals surface area contributed by atoms with E-state index in [9.17, 15) is 0 Å². The molecule has 2 N–H and O–H groups in total. The summed E-state index contributed by atoms with van der Waals surface area (Å²) in [5, 5.41) is 10.8. The number of anilines is 1. The summed E-state index contributed by atoms with van der Waals surface area (Å²) < 4.78 is 6.62. The van der Waals surface area contributed by atoms with Gasteiger partial charge in [0.1, 0.15) is 18.4 Å². The van der Waals surface area contributed by atoms with Gasteiger partial charge in [0, 0.05) is 5.69 Å². The van der Waals surface area contributed by atoms with Gasteiger partial charge in [0.25, 0.3) is 0 Å². The fourth-order valence-corrected chi connectivity index (χ4v) is 1.43. The quantitative estimate of drug-likeness (QED) is 0.798. The van der Waals surface area contributed by atoms with Gasteiger partial charge in [-0.3, -0.25) is 5.43 Å². The highest BCUT2D eigenvalue weighted by Crippen LogP contribution is 2.14. The van der Waals surface area contributed by atoms with Crippen molar-refractivity contribution in [2.45, 2.75) is 0 Å². The lowest BCUT2D eigenvalue weighted by Crippen LogP contribution is -2.26. The normalized spacial score (nSPS) is 9.71. The average Bonchev–Trinajstić information content (AvgIpc) is 2.82. The van der Waals surface area contributed by atoms with Crippen LogP contribution < -0.4 is 15.5 Å². The van der Waals surface area contributed by atoms with Gasteiger partial charge in [0.2, 0.25) is 0 Å². The maximum Gasteiger partial charge on any atom is 0.190 e. The summed E-state index contributed by atoms with van der Waals surface area (Å²) in [4.78, 5) is 0. The standard InChI is InChI=1S/C10H11N5OS/c1-16-9-4-2-8(3-5-9)13-10(17)14-15-6-11-12-7-15/h2-7H,1H3,(H2,13,14,17). The lowest BCUT2D eigenvalue weighted by atomic mass is 10.3. The third-order valence-electron chi connectivity index (χ3n) is 2.00.